The highest BCUT2D eigenvalue weighted by Crippen LogP contribution is 2.34. The molecule has 0 radical (unpaired) electrons. The molecule has 1 aliphatic heterocycles. The van der Waals surface area contributed by atoms with E-state index in [2.05, 4.69) is 29.2 Å². The van der Waals surface area contributed by atoms with Crippen LogP contribution in [0, 0.1) is 0 Å². The Morgan fingerprint density at radius 3 is 2.55 bits per heavy atom. The standard InChI is InChI=1S/C23H25N3O3/c1-4-16-5-7-18(8-6-16)22-24-23(29-25-22)19-13-21(27)26(14-19)15(2)17-9-11-20(28-3)12-10-17/h5-12,15,19H,4,13-14H2,1-3H3. The number of likely N-dealkylation sites (tertiary alicyclic amines) is 1. The first kappa shape index (κ1) is 19.2. The van der Waals surface area contributed by atoms with Crippen molar-refractivity contribution >= 4 is 5.91 Å². The fourth-order valence-electron chi connectivity index (χ4n) is 3.74. The van der Waals surface area contributed by atoms with Crippen molar-refractivity contribution in [3.8, 4) is 17.1 Å². The van der Waals surface area contributed by atoms with Gasteiger partial charge in [0.25, 0.3) is 0 Å². The third-order valence-corrected chi connectivity index (χ3v) is 5.64. The number of hydrogen-bond donors (Lipinski definition) is 0. The maximum Gasteiger partial charge on any atom is 0.232 e. The van der Waals surface area contributed by atoms with Crippen molar-refractivity contribution in [3.63, 3.8) is 0 Å². The third-order valence-electron chi connectivity index (χ3n) is 5.64. The summed E-state index contributed by atoms with van der Waals surface area (Å²) in [7, 11) is 1.64. The number of aromatic nitrogens is 2. The molecule has 4 rings (SSSR count). The van der Waals surface area contributed by atoms with Gasteiger partial charge in [-0.25, -0.2) is 0 Å². The summed E-state index contributed by atoms with van der Waals surface area (Å²) in [5, 5.41) is 4.13. The molecule has 1 amide bonds. The van der Waals surface area contributed by atoms with E-state index in [1.54, 1.807) is 7.11 Å². The van der Waals surface area contributed by atoms with Crippen LogP contribution in [-0.2, 0) is 11.2 Å². The minimum Gasteiger partial charge on any atom is -0.497 e. The highest BCUT2D eigenvalue weighted by atomic mass is 16.5. The summed E-state index contributed by atoms with van der Waals surface area (Å²) in [5.41, 5.74) is 3.26. The molecule has 1 aromatic heterocycles. The zero-order valence-electron chi connectivity index (χ0n) is 17.0. The first-order chi connectivity index (χ1) is 14.1. The highest BCUT2D eigenvalue weighted by Gasteiger charge is 2.37. The lowest BCUT2D eigenvalue weighted by Crippen LogP contribution is -2.28. The first-order valence-corrected chi connectivity index (χ1v) is 9.95. The van der Waals surface area contributed by atoms with Crippen LogP contribution >= 0.6 is 0 Å². The predicted octanol–water partition coefficient (Wildman–Crippen LogP) is 4.38. The van der Waals surface area contributed by atoms with Gasteiger partial charge in [-0.1, -0.05) is 48.5 Å². The zero-order chi connectivity index (χ0) is 20.4. The number of hydrogen-bond acceptors (Lipinski definition) is 5. The van der Waals surface area contributed by atoms with Crippen LogP contribution in [0.25, 0.3) is 11.4 Å². The van der Waals surface area contributed by atoms with Gasteiger partial charge in [-0.15, -0.1) is 0 Å². The number of amides is 1. The molecule has 0 aliphatic carbocycles. The topological polar surface area (TPSA) is 68.5 Å². The minimum absolute atomic E-state index is 0.0256. The molecule has 2 atom stereocenters. The lowest BCUT2D eigenvalue weighted by molar-refractivity contribution is -0.129. The van der Waals surface area contributed by atoms with Gasteiger partial charge < -0.3 is 14.2 Å². The fraction of sp³-hybridized carbons (Fsp3) is 0.348. The van der Waals surface area contributed by atoms with Crippen molar-refractivity contribution in [2.45, 2.75) is 38.6 Å². The number of ether oxygens (including phenoxy) is 1. The van der Waals surface area contributed by atoms with Crippen molar-refractivity contribution in [2.75, 3.05) is 13.7 Å². The SMILES string of the molecule is CCc1ccc(-c2noc(C3CC(=O)N(C(C)c4ccc(OC)cc4)C3)n2)cc1. The molecule has 2 unspecified atom stereocenters. The summed E-state index contributed by atoms with van der Waals surface area (Å²) >= 11 is 0. The lowest BCUT2D eigenvalue weighted by Gasteiger charge is -2.25. The summed E-state index contributed by atoms with van der Waals surface area (Å²) in [6.07, 6.45) is 1.38. The Bertz CT molecular complexity index is 979. The van der Waals surface area contributed by atoms with E-state index in [0.29, 0.717) is 24.7 Å². The number of methoxy groups -OCH3 is 1. The van der Waals surface area contributed by atoms with E-state index in [4.69, 9.17) is 9.26 Å². The zero-order valence-corrected chi connectivity index (χ0v) is 17.0. The van der Waals surface area contributed by atoms with Gasteiger partial charge in [-0.2, -0.15) is 4.98 Å². The Hall–Kier alpha value is -3.15. The quantitative estimate of drug-likeness (QED) is 0.624. The maximum atomic E-state index is 12.7. The van der Waals surface area contributed by atoms with Gasteiger partial charge >= 0.3 is 0 Å². The van der Waals surface area contributed by atoms with E-state index in [0.717, 1.165) is 23.3 Å². The number of nitrogens with zero attached hydrogens (tertiary/aromatic N) is 3. The monoisotopic (exact) mass is 391 g/mol. The average molecular weight is 391 g/mol. The predicted molar refractivity (Wildman–Crippen MR) is 110 cm³/mol. The third kappa shape index (κ3) is 3.88. The van der Waals surface area contributed by atoms with Gasteiger partial charge in [0.1, 0.15) is 5.75 Å². The van der Waals surface area contributed by atoms with Gasteiger partial charge in [0.15, 0.2) is 0 Å². The number of rotatable bonds is 6. The lowest BCUT2D eigenvalue weighted by atomic mass is 10.1. The van der Waals surface area contributed by atoms with E-state index >= 15 is 0 Å². The maximum absolute atomic E-state index is 12.7. The molecule has 1 saturated heterocycles. The molecular weight excluding hydrogens is 366 g/mol. The molecule has 2 aromatic carbocycles. The Labute approximate surface area is 170 Å². The molecule has 0 N–H and O–H groups in total. The van der Waals surface area contributed by atoms with Gasteiger partial charge in [0.05, 0.1) is 19.1 Å². The van der Waals surface area contributed by atoms with Crippen molar-refractivity contribution in [1.82, 2.24) is 15.0 Å². The molecule has 6 nitrogen and oxygen atoms in total. The summed E-state index contributed by atoms with van der Waals surface area (Å²) in [4.78, 5) is 19.1. The molecule has 3 aromatic rings. The van der Waals surface area contributed by atoms with Crippen molar-refractivity contribution in [3.05, 3.63) is 65.5 Å². The van der Waals surface area contributed by atoms with Crippen LogP contribution in [-0.4, -0.2) is 34.6 Å². The number of carbonyl (C=O) groups is 1. The van der Waals surface area contributed by atoms with Crippen molar-refractivity contribution in [1.29, 1.82) is 0 Å². The summed E-state index contributed by atoms with van der Waals surface area (Å²) in [6, 6.07) is 15.9. The Morgan fingerprint density at radius 1 is 1.17 bits per heavy atom. The first-order valence-electron chi connectivity index (χ1n) is 9.95. The van der Waals surface area contributed by atoms with E-state index < -0.39 is 0 Å². The number of carbonyl (C=O) groups excluding carboxylic acids is 1. The van der Waals surface area contributed by atoms with Crippen LogP contribution in [0.3, 0.4) is 0 Å². The van der Waals surface area contributed by atoms with E-state index in [1.165, 1.54) is 5.56 Å². The van der Waals surface area contributed by atoms with Gasteiger partial charge in [0, 0.05) is 18.5 Å². The normalized spacial score (nSPS) is 17.6. The fourth-order valence-corrected chi connectivity index (χ4v) is 3.74. The summed E-state index contributed by atoms with van der Waals surface area (Å²) < 4.78 is 10.7. The second kappa shape index (κ2) is 8.07. The van der Waals surface area contributed by atoms with E-state index in [9.17, 15) is 4.79 Å². The van der Waals surface area contributed by atoms with Crippen LogP contribution < -0.4 is 4.74 Å². The van der Waals surface area contributed by atoms with Gasteiger partial charge in [0.2, 0.25) is 17.6 Å². The molecule has 0 saturated carbocycles. The molecule has 0 bridgehead atoms. The van der Waals surface area contributed by atoms with Crippen LogP contribution in [0.4, 0.5) is 0 Å². The van der Waals surface area contributed by atoms with Crippen LogP contribution in [0.2, 0.25) is 0 Å². The van der Waals surface area contributed by atoms with Crippen molar-refractivity contribution < 1.29 is 14.1 Å². The molecule has 29 heavy (non-hydrogen) atoms. The molecule has 150 valence electrons. The van der Waals surface area contributed by atoms with Gasteiger partial charge in [-0.05, 0) is 36.6 Å². The van der Waals surface area contributed by atoms with Crippen molar-refractivity contribution in [2.24, 2.45) is 0 Å². The molecule has 1 fully saturated rings. The molecule has 6 heteroatoms. The van der Waals surface area contributed by atoms with Crippen LogP contribution in [0.1, 0.15) is 49.2 Å². The highest BCUT2D eigenvalue weighted by molar-refractivity contribution is 5.80. The van der Waals surface area contributed by atoms with E-state index in [-0.39, 0.29) is 17.9 Å². The Balaban J connectivity index is 1.48. The molecule has 2 heterocycles. The second-order valence-electron chi connectivity index (χ2n) is 7.40. The summed E-state index contributed by atoms with van der Waals surface area (Å²) in [6.45, 7) is 4.73. The minimum atomic E-state index is -0.0839. The average Bonchev–Trinajstić information content (AvgIpc) is 3.40. The number of benzene rings is 2. The molecular formula is C23H25N3O3. The summed E-state index contributed by atoms with van der Waals surface area (Å²) in [5.74, 6) is 1.91. The molecule has 0 spiro atoms. The Morgan fingerprint density at radius 2 is 1.90 bits per heavy atom. The molecule has 1 aliphatic rings. The van der Waals surface area contributed by atoms with Gasteiger partial charge in [-0.3, -0.25) is 4.79 Å². The van der Waals surface area contributed by atoms with Crippen LogP contribution in [0.15, 0.2) is 53.1 Å². The Kier molecular flexibility index (Phi) is 5.34. The second-order valence-corrected chi connectivity index (χ2v) is 7.40. The largest absolute Gasteiger partial charge is 0.497 e. The number of aryl methyl sites for hydroxylation is 1. The van der Waals surface area contributed by atoms with E-state index in [1.807, 2.05) is 48.2 Å². The smallest absolute Gasteiger partial charge is 0.232 e. The van der Waals surface area contributed by atoms with Crippen LogP contribution in [0.5, 0.6) is 5.75 Å².